The van der Waals surface area contributed by atoms with Crippen LogP contribution in [0.3, 0.4) is 0 Å². The van der Waals surface area contributed by atoms with E-state index in [-0.39, 0.29) is 85.6 Å². The largest absolute Gasteiger partial charge is 0.481 e. The minimum Gasteiger partial charge on any atom is -0.481 e. The van der Waals surface area contributed by atoms with Crippen LogP contribution in [0.5, 0.6) is 0 Å². The number of amides is 2. The van der Waals surface area contributed by atoms with E-state index in [0.717, 1.165) is 67.6 Å². The Bertz CT molecular complexity index is 1930. The molecule has 0 spiro atoms. The molecule has 0 radical (unpaired) electrons. The number of ketones is 1. The van der Waals surface area contributed by atoms with Crippen molar-refractivity contribution in [3.05, 3.63) is 11.1 Å². The SMILES string of the molecule is CC(C)C1=C2[C@H]3CC[C@@H]4[C@@]5(C)CC[C@H](OC(=O)[C@H]6C[C@@H](C(=O)O)C6(C)C)C(C)(C)[C@@H]5CC[C@@]4(C)[C@]3(C)CC[C@@]2(NC(=O)C(C)(C)NC(=O)CN2CCS(=S=O)CC2)CC1=O. The van der Waals surface area contributed by atoms with E-state index in [2.05, 4.69) is 64.0 Å². The van der Waals surface area contributed by atoms with Crippen molar-refractivity contribution in [2.24, 2.45) is 62.6 Å². The second kappa shape index (κ2) is 15.4. The van der Waals surface area contributed by atoms with Crippen molar-refractivity contribution in [1.82, 2.24) is 15.5 Å². The van der Waals surface area contributed by atoms with Gasteiger partial charge in [-0.05, 0) is 128 Å². The van der Waals surface area contributed by atoms with Crippen LogP contribution < -0.4 is 10.6 Å². The summed E-state index contributed by atoms with van der Waals surface area (Å²) in [6.07, 6.45) is 7.69. The molecule has 1 aliphatic heterocycles. The number of esters is 1. The van der Waals surface area contributed by atoms with Crippen molar-refractivity contribution in [2.75, 3.05) is 31.1 Å². The van der Waals surface area contributed by atoms with E-state index < -0.39 is 34.3 Å². The fourth-order valence-corrected chi connectivity index (χ4v) is 16.9. The number of nitrogens with zero attached hydrogens (tertiary/aromatic N) is 1. The highest BCUT2D eigenvalue weighted by Gasteiger charge is 2.71. The van der Waals surface area contributed by atoms with E-state index in [0.29, 0.717) is 48.0 Å². The number of Topliss-reactive ketones (excluding diaryl/α,β-unsaturated/α-hetero) is 1. The van der Waals surface area contributed by atoms with Crippen molar-refractivity contribution in [3.63, 3.8) is 0 Å². The van der Waals surface area contributed by atoms with Gasteiger partial charge in [0, 0.05) is 36.4 Å². The van der Waals surface area contributed by atoms with Gasteiger partial charge in [0.1, 0.15) is 21.9 Å². The average Bonchev–Trinajstić information content (AvgIpc) is 3.44. The third-order valence-electron chi connectivity index (χ3n) is 18.6. The molecule has 0 bridgehead atoms. The Labute approximate surface area is 363 Å². The molecule has 2 amide bonds. The number of fused-ring (bicyclic) bond motifs is 7. The first-order chi connectivity index (χ1) is 27.8. The van der Waals surface area contributed by atoms with E-state index in [1.807, 2.05) is 13.8 Å². The molecule has 1 heterocycles. The van der Waals surface area contributed by atoms with E-state index in [1.165, 1.54) is 0 Å². The molecule has 11 nitrogen and oxygen atoms in total. The molecule has 7 rings (SSSR count). The van der Waals surface area contributed by atoms with Crippen molar-refractivity contribution < 1.29 is 38.0 Å². The lowest BCUT2D eigenvalue weighted by atomic mass is 9.33. The molecule has 13 heteroatoms. The second-order valence-corrected chi connectivity index (χ2v) is 26.5. The van der Waals surface area contributed by atoms with E-state index in [4.69, 9.17) is 4.74 Å². The maximum absolute atomic E-state index is 14.4. The summed E-state index contributed by atoms with van der Waals surface area (Å²) in [7, 11) is 0.478. The van der Waals surface area contributed by atoms with Crippen LogP contribution in [-0.2, 0) is 48.4 Å². The molecule has 0 aromatic carbocycles. The maximum Gasteiger partial charge on any atom is 0.309 e. The van der Waals surface area contributed by atoms with Crippen LogP contribution in [0, 0.1) is 62.6 Å². The molecule has 60 heavy (non-hydrogen) atoms. The van der Waals surface area contributed by atoms with Crippen LogP contribution in [-0.4, -0.2) is 92.1 Å². The number of ether oxygens (including phenoxy) is 1. The van der Waals surface area contributed by atoms with Crippen molar-refractivity contribution in [1.29, 1.82) is 0 Å². The van der Waals surface area contributed by atoms with Gasteiger partial charge in [0.15, 0.2) is 5.78 Å². The van der Waals surface area contributed by atoms with Gasteiger partial charge in [-0.2, -0.15) is 0 Å². The molecular formula is C47H73N3O8S2. The van der Waals surface area contributed by atoms with Gasteiger partial charge in [-0.15, -0.1) is 0 Å². The van der Waals surface area contributed by atoms with Crippen LogP contribution in [0.1, 0.15) is 140 Å². The van der Waals surface area contributed by atoms with Crippen molar-refractivity contribution in [2.45, 2.75) is 158 Å². The van der Waals surface area contributed by atoms with E-state index in [9.17, 15) is 33.3 Å². The molecule has 10 atom stereocenters. The molecule has 7 aliphatic rings. The van der Waals surface area contributed by atoms with Crippen LogP contribution in [0.15, 0.2) is 11.1 Å². The number of carbonyl (C=O) groups excluding carboxylic acids is 4. The number of allylic oxidation sites excluding steroid dienone is 1. The summed E-state index contributed by atoms with van der Waals surface area (Å²) in [5.41, 5.74) is -0.926. The van der Waals surface area contributed by atoms with Crippen molar-refractivity contribution in [3.8, 4) is 0 Å². The molecule has 6 fully saturated rings. The van der Waals surface area contributed by atoms with Crippen LogP contribution >= 0.6 is 0 Å². The van der Waals surface area contributed by atoms with Gasteiger partial charge in [-0.25, -0.2) is 4.21 Å². The van der Waals surface area contributed by atoms with Crippen LogP contribution in [0.25, 0.3) is 0 Å². The quantitative estimate of drug-likeness (QED) is 0.222. The molecule has 0 unspecified atom stereocenters. The summed E-state index contributed by atoms with van der Waals surface area (Å²) in [4.78, 5) is 69.5. The Balaban J connectivity index is 1.10. The molecule has 5 saturated carbocycles. The summed E-state index contributed by atoms with van der Waals surface area (Å²) in [6, 6.07) is 0. The summed E-state index contributed by atoms with van der Waals surface area (Å²) in [5, 5.41) is 16.2. The monoisotopic (exact) mass is 871 g/mol. The number of aliphatic carboxylic acids is 1. The molecule has 336 valence electrons. The number of rotatable bonds is 9. The predicted octanol–water partition coefficient (Wildman–Crippen LogP) is 6.45. The number of hydrogen-bond acceptors (Lipinski definition) is 8. The first-order valence-corrected chi connectivity index (χ1v) is 25.7. The number of hydrogen-bond donors (Lipinski definition) is 3. The summed E-state index contributed by atoms with van der Waals surface area (Å²) >= 11 is 0. The lowest BCUT2D eigenvalue weighted by molar-refractivity contribution is -0.235. The lowest BCUT2D eigenvalue weighted by Crippen LogP contribution is -2.68. The zero-order valence-corrected chi connectivity index (χ0v) is 39.8. The number of nitrogens with one attached hydrogen (secondary N) is 2. The Morgan fingerprint density at radius 1 is 0.883 bits per heavy atom. The van der Waals surface area contributed by atoms with Gasteiger partial charge >= 0.3 is 11.9 Å². The van der Waals surface area contributed by atoms with Crippen LogP contribution in [0.4, 0.5) is 0 Å². The van der Waals surface area contributed by atoms with Gasteiger partial charge in [-0.1, -0.05) is 71.8 Å². The minimum atomic E-state index is -1.20. The molecule has 0 aromatic heterocycles. The number of carboxylic acid groups (broad SMARTS) is 1. The summed E-state index contributed by atoms with van der Waals surface area (Å²) in [6.45, 7) is 25.1. The molecular weight excluding hydrogens is 799 g/mol. The highest BCUT2D eigenvalue weighted by atomic mass is 32.8. The normalized spacial score (nSPS) is 40.0. The topological polar surface area (TPSA) is 159 Å². The highest BCUT2D eigenvalue weighted by molar-refractivity contribution is 8.31. The van der Waals surface area contributed by atoms with Crippen LogP contribution in [0.2, 0.25) is 0 Å². The minimum absolute atomic E-state index is 0.0178. The standard InChI is InChI=1S/C47H73N3O8S2/c1-27(2)36-31(51)25-47(49-40(56)43(7,8)48-35(52)26-50-20-22-60(59-57)23-21-50)19-18-45(10)28(37(36)47)12-13-33-44(9)16-15-34(42(5,6)32(44)14-17-46(33,45)11)58-39(55)30-24-29(38(53)54)41(30,3)4/h27-30,32-34H,12-26H2,1-11H3,(H,48,52)(H,49,56)(H,53,54)/t28-,29+,30-,32+,33-,34+,44+,45-,46-,47-/m1/s1. The average molecular weight is 872 g/mol. The smallest absolute Gasteiger partial charge is 0.309 e. The Kier molecular flexibility index (Phi) is 11.7. The van der Waals surface area contributed by atoms with Gasteiger partial charge in [0.2, 0.25) is 11.8 Å². The zero-order valence-electron chi connectivity index (χ0n) is 38.2. The summed E-state index contributed by atoms with van der Waals surface area (Å²) in [5.74, 6) is 0.109. The zero-order chi connectivity index (χ0) is 44.2. The summed E-state index contributed by atoms with van der Waals surface area (Å²) < 4.78 is 17.7. The lowest BCUT2D eigenvalue weighted by Gasteiger charge is -2.72. The van der Waals surface area contributed by atoms with E-state index >= 15 is 0 Å². The second-order valence-electron chi connectivity index (χ2n) is 22.9. The van der Waals surface area contributed by atoms with Gasteiger partial charge < -0.3 is 20.5 Å². The molecule has 1 saturated heterocycles. The van der Waals surface area contributed by atoms with E-state index in [1.54, 1.807) is 13.8 Å². The third kappa shape index (κ3) is 7.03. The predicted molar refractivity (Wildman–Crippen MR) is 235 cm³/mol. The molecule has 3 N–H and O–H groups in total. The van der Waals surface area contributed by atoms with Gasteiger partial charge in [0.25, 0.3) is 0 Å². The fraction of sp³-hybridized carbons (Fsp3) is 0.851. The Morgan fingerprint density at radius 3 is 2.15 bits per heavy atom. The highest BCUT2D eigenvalue weighted by Crippen LogP contribution is 2.76. The van der Waals surface area contributed by atoms with Gasteiger partial charge in [-0.3, -0.25) is 28.9 Å². The molecule has 0 aromatic rings. The van der Waals surface area contributed by atoms with Gasteiger partial charge in [0.05, 0.1) is 23.9 Å². The Morgan fingerprint density at radius 2 is 1.55 bits per heavy atom. The van der Waals surface area contributed by atoms with Crippen molar-refractivity contribution >= 4 is 49.2 Å². The first kappa shape index (κ1) is 45.6. The maximum atomic E-state index is 14.4. The third-order valence-corrected chi connectivity index (χ3v) is 21.6. The first-order valence-electron chi connectivity index (χ1n) is 22.8. The number of carbonyl (C=O) groups is 5. The molecule has 6 aliphatic carbocycles. The number of carboxylic acids is 1. The Hall–Kier alpha value is -2.38. The fourth-order valence-electron chi connectivity index (χ4n) is 14.8.